The lowest BCUT2D eigenvalue weighted by Crippen LogP contribution is -2.52. The Hall–Kier alpha value is -2.76. The van der Waals surface area contributed by atoms with E-state index in [1.54, 1.807) is 16.7 Å². The Morgan fingerprint density at radius 3 is 2.17 bits per heavy atom. The van der Waals surface area contributed by atoms with E-state index in [-0.39, 0.29) is 17.9 Å². The second-order valence-electron chi connectivity index (χ2n) is 8.58. The molecule has 2 amide bonds. The van der Waals surface area contributed by atoms with E-state index >= 15 is 0 Å². The number of nitrogens with zero attached hydrogens (tertiary/aromatic N) is 1. The summed E-state index contributed by atoms with van der Waals surface area (Å²) in [6, 6.07) is 26.8. The molecule has 3 aromatic carbocycles. The van der Waals surface area contributed by atoms with Gasteiger partial charge in [0.05, 0.1) is 0 Å². The molecule has 0 saturated heterocycles. The molecule has 184 valence electrons. The van der Waals surface area contributed by atoms with Crippen LogP contribution in [0.4, 0.5) is 0 Å². The number of thioether (sulfide) groups is 1. The fraction of sp³-hybridized carbons (Fsp3) is 0.310. The van der Waals surface area contributed by atoms with Gasteiger partial charge in [0.25, 0.3) is 0 Å². The lowest BCUT2D eigenvalue weighted by atomic mass is 10.0. The summed E-state index contributed by atoms with van der Waals surface area (Å²) < 4.78 is 0. The molecule has 1 N–H and O–H groups in total. The Bertz CT molecular complexity index is 1060. The molecule has 4 nitrogen and oxygen atoms in total. The van der Waals surface area contributed by atoms with Gasteiger partial charge < -0.3 is 10.2 Å². The third kappa shape index (κ3) is 8.75. The first kappa shape index (κ1) is 26.8. The highest BCUT2D eigenvalue weighted by atomic mass is 35.5. The van der Waals surface area contributed by atoms with E-state index in [2.05, 4.69) is 5.32 Å². The SMILES string of the molecule is CC[C@@H](C)NC(=O)[C@H](Cc1ccccc1)N(Cc1ccc(Cl)cc1)C(=O)CCSc1ccccc1. The zero-order chi connectivity index (χ0) is 25.0. The summed E-state index contributed by atoms with van der Waals surface area (Å²) in [5, 5.41) is 3.74. The van der Waals surface area contributed by atoms with Gasteiger partial charge in [-0.2, -0.15) is 0 Å². The Balaban J connectivity index is 1.85. The van der Waals surface area contributed by atoms with Crippen molar-refractivity contribution in [3.05, 3.63) is 101 Å². The summed E-state index contributed by atoms with van der Waals surface area (Å²) in [6.07, 6.45) is 1.62. The molecule has 0 saturated carbocycles. The standard InChI is InChI=1S/C29H33ClN2O2S/c1-3-22(2)31-29(34)27(20-23-10-6-4-7-11-23)32(21-24-14-16-25(30)17-15-24)28(33)18-19-35-26-12-8-5-9-13-26/h4-17,22,27H,3,18-21H2,1-2H3,(H,31,34)/t22-,27+/m1/s1. The van der Waals surface area contributed by atoms with E-state index in [1.165, 1.54) is 0 Å². The van der Waals surface area contributed by atoms with Gasteiger partial charge in [0.15, 0.2) is 0 Å². The molecule has 0 unspecified atom stereocenters. The molecule has 2 atom stereocenters. The van der Waals surface area contributed by atoms with Crippen LogP contribution in [0.15, 0.2) is 89.8 Å². The number of carbonyl (C=O) groups is 2. The number of hydrogen-bond acceptors (Lipinski definition) is 3. The lowest BCUT2D eigenvalue weighted by molar-refractivity contribution is -0.141. The van der Waals surface area contributed by atoms with Gasteiger partial charge in [-0.3, -0.25) is 9.59 Å². The largest absolute Gasteiger partial charge is 0.352 e. The molecule has 35 heavy (non-hydrogen) atoms. The van der Waals surface area contributed by atoms with Gasteiger partial charge in [-0.15, -0.1) is 11.8 Å². The predicted octanol–water partition coefficient (Wildman–Crippen LogP) is 6.38. The topological polar surface area (TPSA) is 49.4 Å². The van der Waals surface area contributed by atoms with Crippen molar-refractivity contribution < 1.29 is 9.59 Å². The fourth-order valence-electron chi connectivity index (χ4n) is 3.70. The van der Waals surface area contributed by atoms with E-state index in [4.69, 9.17) is 11.6 Å². The monoisotopic (exact) mass is 508 g/mol. The second-order valence-corrected chi connectivity index (χ2v) is 10.2. The van der Waals surface area contributed by atoms with Crippen LogP contribution in [0.25, 0.3) is 0 Å². The summed E-state index contributed by atoms with van der Waals surface area (Å²) in [6.45, 7) is 4.37. The minimum absolute atomic E-state index is 0.0295. The molecule has 0 aliphatic heterocycles. The molecule has 3 rings (SSSR count). The number of hydrogen-bond donors (Lipinski definition) is 1. The van der Waals surface area contributed by atoms with Crippen LogP contribution in [0, 0.1) is 0 Å². The van der Waals surface area contributed by atoms with Crippen molar-refractivity contribution >= 4 is 35.2 Å². The fourth-order valence-corrected chi connectivity index (χ4v) is 4.69. The molecule has 0 heterocycles. The Kier molecular flexibility index (Phi) is 10.7. The Labute approximate surface area is 218 Å². The maximum Gasteiger partial charge on any atom is 0.243 e. The number of halogens is 1. The van der Waals surface area contributed by atoms with Gasteiger partial charge in [0.2, 0.25) is 11.8 Å². The maximum atomic E-state index is 13.6. The highest BCUT2D eigenvalue weighted by Gasteiger charge is 2.30. The second kappa shape index (κ2) is 14.0. The van der Waals surface area contributed by atoms with E-state index < -0.39 is 6.04 Å². The van der Waals surface area contributed by atoms with Gasteiger partial charge in [0, 0.05) is 41.1 Å². The van der Waals surface area contributed by atoms with Crippen LogP contribution in [0.1, 0.15) is 37.8 Å². The minimum atomic E-state index is -0.615. The van der Waals surface area contributed by atoms with Gasteiger partial charge in [0.1, 0.15) is 6.04 Å². The van der Waals surface area contributed by atoms with Crippen molar-refractivity contribution in [2.45, 2.75) is 56.6 Å². The summed E-state index contributed by atoms with van der Waals surface area (Å²) in [5.41, 5.74) is 1.96. The molecule has 0 spiro atoms. The minimum Gasteiger partial charge on any atom is -0.352 e. The number of benzene rings is 3. The normalized spacial score (nSPS) is 12.5. The van der Waals surface area contributed by atoms with E-state index in [0.29, 0.717) is 30.2 Å². The van der Waals surface area contributed by atoms with E-state index in [0.717, 1.165) is 22.4 Å². The Morgan fingerprint density at radius 2 is 1.54 bits per heavy atom. The smallest absolute Gasteiger partial charge is 0.243 e. The van der Waals surface area contributed by atoms with Crippen molar-refractivity contribution in [2.75, 3.05) is 5.75 Å². The van der Waals surface area contributed by atoms with Crippen LogP contribution >= 0.6 is 23.4 Å². The van der Waals surface area contributed by atoms with Gasteiger partial charge in [-0.05, 0) is 48.7 Å². The molecule has 0 aliphatic carbocycles. The van der Waals surface area contributed by atoms with Crippen molar-refractivity contribution in [3.63, 3.8) is 0 Å². The first-order chi connectivity index (χ1) is 17.0. The first-order valence-electron chi connectivity index (χ1n) is 12.0. The zero-order valence-corrected chi connectivity index (χ0v) is 21.9. The highest BCUT2D eigenvalue weighted by molar-refractivity contribution is 7.99. The number of carbonyl (C=O) groups excluding carboxylic acids is 2. The molecular formula is C29H33ClN2O2S. The molecule has 0 fully saturated rings. The van der Waals surface area contributed by atoms with Crippen molar-refractivity contribution in [3.8, 4) is 0 Å². The average molecular weight is 509 g/mol. The van der Waals surface area contributed by atoms with Crippen molar-refractivity contribution in [2.24, 2.45) is 0 Å². The molecule has 0 aromatic heterocycles. The predicted molar refractivity (Wildman–Crippen MR) is 146 cm³/mol. The van der Waals surface area contributed by atoms with E-state index in [1.807, 2.05) is 98.8 Å². The number of amides is 2. The van der Waals surface area contributed by atoms with Crippen molar-refractivity contribution in [1.29, 1.82) is 0 Å². The number of nitrogens with one attached hydrogen (secondary N) is 1. The van der Waals surface area contributed by atoms with Crippen LogP contribution in [-0.2, 0) is 22.6 Å². The van der Waals surface area contributed by atoms with Gasteiger partial charge in [-0.1, -0.05) is 79.2 Å². The lowest BCUT2D eigenvalue weighted by Gasteiger charge is -2.32. The molecule has 3 aromatic rings. The first-order valence-corrected chi connectivity index (χ1v) is 13.4. The van der Waals surface area contributed by atoms with Crippen LogP contribution in [-0.4, -0.2) is 34.6 Å². The molecule has 0 bridgehead atoms. The summed E-state index contributed by atoms with van der Waals surface area (Å²) >= 11 is 7.73. The van der Waals surface area contributed by atoms with Gasteiger partial charge in [-0.25, -0.2) is 0 Å². The number of rotatable bonds is 12. The molecular weight excluding hydrogens is 476 g/mol. The van der Waals surface area contributed by atoms with Crippen LogP contribution in [0.5, 0.6) is 0 Å². The average Bonchev–Trinajstić information content (AvgIpc) is 2.88. The van der Waals surface area contributed by atoms with Gasteiger partial charge >= 0.3 is 0 Å². The summed E-state index contributed by atoms with van der Waals surface area (Å²) in [4.78, 5) is 29.9. The molecule has 0 radical (unpaired) electrons. The molecule has 0 aliphatic rings. The summed E-state index contributed by atoms with van der Waals surface area (Å²) in [7, 11) is 0. The third-order valence-corrected chi connectivity index (χ3v) is 7.13. The van der Waals surface area contributed by atoms with E-state index in [9.17, 15) is 9.59 Å². The maximum absolute atomic E-state index is 13.6. The Morgan fingerprint density at radius 1 is 0.914 bits per heavy atom. The zero-order valence-electron chi connectivity index (χ0n) is 20.3. The highest BCUT2D eigenvalue weighted by Crippen LogP contribution is 2.21. The third-order valence-electron chi connectivity index (χ3n) is 5.87. The molecule has 6 heteroatoms. The quantitative estimate of drug-likeness (QED) is 0.289. The van der Waals surface area contributed by atoms with Crippen LogP contribution in [0.2, 0.25) is 5.02 Å². The van der Waals surface area contributed by atoms with Crippen LogP contribution < -0.4 is 5.32 Å². The summed E-state index contributed by atoms with van der Waals surface area (Å²) in [5.74, 6) is 0.482. The van der Waals surface area contributed by atoms with Crippen molar-refractivity contribution in [1.82, 2.24) is 10.2 Å². The van der Waals surface area contributed by atoms with Crippen LogP contribution in [0.3, 0.4) is 0 Å².